The van der Waals surface area contributed by atoms with Crippen LogP contribution in [0.25, 0.3) is 0 Å². The van der Waals surface area contributed by atoms with Crippen LogP contribution in [0.15, 0.2) is 0 Å². The SMILES string of the molecule is CCC1(CC)CC(C(C)(C)CC(C)C)OC1=O. The summed E-state index contributed by atoms with van der Waals surface area (Å²) >= 11 is 0. The Hall–Kier alpha value is -0.530. The molecule has 1 aliphatic heterocycles. The molecule has 1 heterocycles. The fraction of sp³-hybridized carbons (Fsp3) is 0.933. The summed E-state index contributed by atoms with van der Waals surface area (Å²) in [7, 11) is 0. The molecule has 2 heteroatoms. The van der Waals surface area contributed by atoms with Gasteiger partial charge in [-0.2, -0.15) is 0 Å². The molecule has 0 N–H and O–H groups in total. The Kier molecular flexibility index (Phi) is 4.27. The van der Waals surface area contributed by atoms with E-state index in [1.54, 1.807) is 0 Å². The lowest BCUT2D eigenvalue weighted by atomic mass is 9.72. The van der Waals surface area contributed by atoms with E-state index in [9.17, 15) is 4.79 Å². The summed E-state index contributed by atoms with van der Waals surface area (Å²) in [4.78, 5) is 12.1. The highest BCUT2D eigenvalue weighted by molar-refractivity contribution is 5.79. The molecule has 100 valence electrons. The minimum Gasteiger partial charge on any atom is -0.461 e. The van der Waals surface area contributed by atoms with Gasteiger partial charge in [-0.15, -0.1) is 0 Å². The van der Waals surface area contributed by atoms with Crippen LogP contribution in [0.5, 0.6) is 0 Å². The molecule has 0 aliphatic carbocycles. The minimum absolute atomic E-state index is 0.0318. The van der Waals surface area contributed by atoms with E-state index in [2.05, 4.69) is 41.5 Å². The Balaban J connectivity index is 2.81. The van der Waals surface area contributed by atoms with Gasteiger partial charge in [0.1, 0.15) is 6.10 Å². The summed E-state index contributed by atoms with van der Waals surface area (Å²) in [6.07, 6.45) is 3.90. The van der Waals surface area contributed by atoms with E-state index in [0.29, 0.717) is 5.92 Å². The third-order valence-corrected chi connectivity index (χ3v) is 4.42. The van der Waals surface area contributed by atoms with Crippen molar-refractivity contribution in [3.63, 3.8) is 0 Å². The molecule has 0 bridgehead atoms. The molecule has 1 saturated heterocycles. The van der Waals surface area contributed by atoms with Crippen LogP contribution in [0.4, 0.5) is 0 Å². The zero-order valence-electron chi connectivity index (χ0n) is 12.3. The number of hydrogen-bond acceptors (Lipinski definition) is 2. The van der Waals surface area contributed by atoms with E-state index >= 15 is 0 Å². The van der Waals surface area contributed by atoms with Crippen LogP contribution in [0.2, 0.25) is 0 Å². The van der Waals surface area contributed by atoms with Gasteiger partial charge in [0, 0.05) is 11.8 Å². The third-order valence-electron chi connectivity index (χ3n) is 4.42. The van der Waals surface area contributed by atoms with Gasteiger partial charge in [0.05, 0.1) is 5.41 Å². The molecule has 0 saturated carbocycles. The zero-order chi connectivity index (χ0) is 13.3. The first-order valence-electron chi connectivity index (χ1n) is 6.98. The molecule has 1 aliphatic rings. The van der Waals surface area contributed by atoms with E-state index in [4.69, 9.17) is 4.74 Å². The van der Waals surface area contributed by atoms with Crippen LogP contribution in [0.3, 0.4) is 0 Å². The van der Waals surface area contributed by atoms with Gasteiger partial charge >= 0.3 is 5.97 Å². The van der Waals surface area contributed by atoms with Crippen LogP contribution < -0.4 is 0 Å². The van der Waals surface area contributed by atoms with Gasteiger partial charge < -0.3 is 4.74 Å². The quantitative estimate of drug-likeness (QED) is 0.674. The van der Waals surface area contributed by atoms with E-state index in [1.807, 2.05) is 0 Å². The molecule has 1 atom stereocenters. The van der Waals surface area contributed by atoms with Gasteiger partial charge in [0.2, 0.25) is 0 Å². The Morgan fingerprint density at radius 3 is 2.24 bits per heavy atom. The van der Waals surface area contributed by atoms with Crippen molar-refractivity contribution in [2.45, 2.75) is 73.3 Å². The van der Waals surface area contributed by atoms with Crippen molar-refractivity contribution in [1.82, 2.24) is 0 Å². The first kappa shape index (κ1) is 14.5. The second-order valence-corrected chi connectivity index (χ2v) is 6.67. The van der Waals surface area contributed by atoms with Crippen LogP contribution in [-0.4, -0.2) is 12.1 Å². The van der Waals surface area contributed by atoms with E-state index in [1.165, 1.54) is 0 Å². The van der Waals surface area contributed by atoms with E-state index < -0.39 is 0 Å². The van der Waals surface area contributed by atoms with E-state index in [-0.39, 0.29) is 22.9 Å². The van der Waals surface area contributed by atoms with Crippen molar-refractivity contribution < 1.29 is 9.53 Å². The Labute approximate surface area is 106 Å². The van der Waals surface area contributed by atoms with Crippen LogP contribution in [0.1, 0.15) is 67.2 Å². The average molecular weight is 240 g/mol. The fourth-order valence-corrected chi connectivity index (χ4v) is 3.18. The van der Waals surface area contributed by atoms with Gasteiger partial charge in [-0.1, -0.05) is 41.5 Å². The normalized spacial score (nSPS) is 24.2. The van der Waals surface area contributed by atoms with Crippen LogP contribution in [0, 0.1) is 16.7 Å². The van der Waals surface area contributed by atoms with Crippen molar-refractivity contribution in [2.75, 3.05) is 0 Å². The van der Waals surface area contributed by atoms with Crippen LogP contribution >= 0.6 is 0 Å². The molecule has 0 aromatic heterocycles. The molecule has 0 radical (unpaired) electrons. The predicted molar refractivity (Wildman–Crippen MR) is 70.7 cm³/mol. The average Bonchev–Trinajstić information content (AvgIpc) is 2.55. The van der Waals surface area contributed by atoms with Gasteiger partial charge in [-0.05, 0) is 25.2 Å². The maximum Gasteiger partial charge on any atom is 0.312 e. The molecular weight excluding hydrogens is 212 g/mol. The molecule has 1 unspecified atom stereocenters. The lowest BCUT2D eigenvalue weighted by molar-refractivity contribution is -0.152. The number of carbonyl (C=O) groups is 1. The van der Waals surface area contributed by atoms with Gasteiger partial charge in [-0.3, -0.25) is 4.79 Å². The first-order chi connectivity index (χ1) is 7.77. The molecule has 2 nitrogen and oxygen atoms in total. The predicted octanol–water partition coefficient (Wildman–Crippen LogP) is 4.18. The zero-order valence-corrected chi connectivity index (χ0v) is 12.3. The summed E-state index contributed by atoms with van der Waals surface area (Å²) in [5.41, 5.74) is -0.116. The van der Waals surface area contributed by atoms with Gasteiger partial charge in [0.25, 0.3) is 0 Å². The van der Waals surface area contributed by atoms with Crippen molar-refractivity contribution in [3.05, 3.63) is 0 Å². The maximum absolute atomic E-state index is 12.1. The molecule has 0 spiro atoms. The summed E-state index contributed by atoms with van der Waals surface area (Å²) in [5, 5.41) is 0. The fourth-order valence-electron chi connectivity index (χ4n) is 3.18. The Morgan fingerprint density at radius 2 is 1.88 bits per heavy atom. The molecule has 1 fully saturated rings. The molecule has 17 heavy (non-hydrogen) atoms. The standard InChI is InChI=1S/C15H28O2/c1-7-15(8-2)10-12(17-13(15)16)14(5,6)9-11(3)4/h11-12H,7-10H2,1-6H3. The van der Waals surface area contributed by atoms with Gasteiger partial charge in [0.15, 0.2) is 0 Å². The highest BCUT2D eigenvalue weighted by Gasteiger charge is 2.50. The lowest BCUT2D eigenvalue weighted by Gasteiger charge is -2.32. The smallest absolute Gasteiger partial charge is 0.312 e. The van der Waals surface area contributed by atoms with Crippen molar-refractivity contribution in [2.24, 2.45) is 16.7 Å². The summed E-state index contributed by atoms with van der Waals surface area (Å²) in [6, 6.07) is 0. The summed E-state index contributed by atoms with van der Waals surface area (Å²) in [6.45, 7) is 13.1. The molecule has 0 aromatic rings. The second kappa shape index (κ2) is 4.99. The highest BCUT2D eigenvalue weighted by Crippen LogP contribution is 2.47. The topological polar surface area (TPSA) is 26.3 Å². The lowest BCUT2D eigenvalue weighted by Crippen LogP contribution is -2.31. The Morgan fingerprint density at radius 1 is 1.35 bits per heavy atom. The second-order valence-electron chi connectivity index (χ2n) is 6.67. The highest BCUT2D eigenvalue weighted by atomic mass is 16.6. The number of hydrogen-bond donors (Lipinski definition) is 0. The van der Waals surface area contributed by atoms with E-state index in [0.717, 1.165) is 25.7 Å². The van der Waals surface area contributed by atoms with Crippen LogP contribution in [-0.2, 0) is 9.53 Å². The van der Waals surface area contributed by atoms with Crippen molar-refractivity contribution >= 4 is 5.97 Å². The number of carbonyl (C=O) groups excluding carboxylic acids is 1. The monoisotopic (exact) mass is 240 g/mol. The first-order valence-corrected chi connectivity index (χ1v) is 6.98. The Bertz CT molecular complexity index is 275. The summed E-state index contributed by atoms with van der Waals surface area (Å²) in [5.74, 6) is 0.672. The molecular formula is C15H28O2. The maximum atomic E-state index is 12.1. The number of ether oxygens (including phenoxy) is 1. The summed E-state index contributed by atoms with van der Waals surface area (Å²) < 4.78 is 5.69. The third kappa shape index (κ3) is 2.83. The molecule has 1 rings (SSSR count). The number of rotatable bonds is 5. The molecule has 0 aromatic carbocycles. The van der Waals surface area contributed by atoms with Crippen molar-refractivity contribution in [3.8, 4) is 0 Å². The largest absolute Gasteiger partial charge is 0.461 e. The van der Waals surface area contributed by atoms with Gasteiger partial charge in [-0.25, -0.2) is 0 Å². The van der Waals surface area contributed by atoms with Crippen molar-refractivity contribution in [1.29, 1.82) is 0 Å². The minimum atomic E-state index is -0.209. The number of esters is 1. The molecule has 0 amide bonds. The number of cyclic esters (lactones) is 1.